The lowest BCUT2D eigenvalue weighted by atomic mass is 10.1. The number of carbonyl (C=O) groups excluding carboxylic acids is 3. The molecule has 1 saturated heterocycles. The Kier molecular flexibility index (Phi) is 6.90. The number of allylic oxidation sites excluding steroid dienone is 4. The lowest BCUT2D eigenvalue weighted by molar-refractivity contribution is -0.122. The summed E-state index contributed by atoms with van der Waals surface area (Å²) in [5.41, 5.74) is -1.77. The van der Waals surface area contributed by atoms with Crippen LogP contribution in [0.3, 0.4) is 0 Å². The van der Waals surface area contributed by atoms with Gasteiger partial charge in [0.15, 0.2) is 11.6 Å². The van der Waals surface area contributed by atoms with Crippen LogP contribution in [0.15, 0.2) is 76.1 Å². The minimum Gasteiger partial charge on any atom is -0.493 e. The van der Waals surface area contributed by atoms with Crippen LogP contribution in [0, 0.1) is 0 Å². The number of aromatic amines is 1. The van der Waals surface area contributed by atoms with Gasteiger partial charge in [0.1, 0.15) is 11.1 Å². The van der Waals surface area contributed by atoms with Crippen molar-refractivity contribution in [1.29, 1.82) is 0 Å². The molecular weight excluding hydrogens is 484 g/mol. The maximum absolute atomic E-state index is 12.9. The number of urea groups is 1. The first-order valence-corrected chi connectivity index (χ1v) is 10.7. The van der Waals surface area contributed by atoms with E-state index in [2.05, 4.69) is 30.2 Å². The number of nitrogens with zero attached hydrogens (tertiary/aromatic N) is 6. The van der Waals surface area contributed by atoms with Gasteiger partial charge in [0.25, 0.3) is 17.4 Å². The molecule has 4 rings (SSSR count). The quantitative estimate of drug-likeness (QED) is 0.241. The molecule has 1 fully saturated rings. The SMILES string of the molecule is CCC(/C=C/c1c(O)n(-c2cnccn2)c(=O)[nH]c1=O)=C\C=C1/C(=O)NC(=O)N(c2cnccn2)C1=O. The molecule has 3 aromatic heterocycles. The smallest absolute Gasteiger partial charge is 0.337 e. The van der Waals surface area contributed by atoms with Gasteiger partial charge in [0, 0.05) is 24.8 Å². The molecule has 0 atom stereocenters. The van der Waals surface area contributed by atoms with Crippen LogP contribution in [0.25, 0.3) is 11.9 Å². The Labute approximate surface area is 207 Å². The molecule has 0 aliphatic carbocycles. The van der Waals surface area contributed by atoms with E-state index in [4.69, 9.17) is 0 Å². The number of anilines is 1. The van der Waals surface area contributed by atoms with Crippen molar-refractivity contribution in [3.63, 3.8) is 0 Å². The van der Waals surface area contributed by atoms with Gasteiger partial charge < -0.3 is 5.11 Å². The number of imide groups is 2. The largest absolute Gasteiger partial charge is 0.493 e. The van der Waals surface area contributed by atoms with E-state index in [-0.39, 0.29) is 22.8 Å². The maximum atomic E-state index is 12.9. The van der Waals surface area contributed by atoms with Crippen molar-refractivity contribution < 1.29 is 19.5 Å². The number of barbiturate groups is 1. The van der Waals surface area contributed by atoms with Crippen molar-refractivity contribution in [2.75, 3.05) is 4.90 Å². The summed E-state index contributed by atoms with van der Waals surface area (Å²) in [6.07, 6.45) is 13.6. The minimum atomic E-state index is -0.958. The molecular formula is C23H18N8O6. The monoisotopic (exact) mass is 502 g/mol. The molecule has 186 valence electrons. The predicted octanol–water partition coefficient (Wildman–Crippen LogP) is 0.370. The Bertz CT molecular complexity index is 1590. The number of hydrogen-bond donors (Lipinski definition) is 3. The molecule has 0 radical (unpaired) electrons. The van der Waals surface area contributed by atoms with Crippen LogP contribution < -0.4 is 21.5 Å². The van der Waals surface area contributed by atoms with E-state index in [0.717, 1.165) is 4.57 Å². The van der Waals surface area contributed by atoms with E-state index in [1.807, 2.05) is 0 Å². The third-order valence-corrected chi connectivity index (χ3v) is 5.12. The van der Waals surface area contributed by atoms with Gasteiger partial charge in [0.05, 0.1) is 12.4 Å². The summed E-state index contributed by atoms with van der Waals surface area (Å²) in [5.74, 6) is -2.50. The Hall–Kier alpha value is -5.53. The third-order valence-electron chi connectivity index (χ3n) is 5.12. The molecule has 3 N–H and O–H groups in total. The molecule has 0 unspecified atom stereocenters. The van der Waals surface area contributed by atoms with E-state index < -0.39 is 35.0 Å². The highest BCUT2D eigenvalue weighted by molar-refractivity contribution is 6.37. The molecule has 1 aliphatic rings. The van der Waals surface area contributed by atoms with Gasteiger partial charge >= 0.3 is 11.7 Å². The first-order valence-electron chi connectivity index (χ1n) is 10.7. The molecule has 0 bridgehead atoms. The number of carbonyl (C=O) groups is 3. The van der Waals surface area contributed by atoms with E-state index in [1.54, 1.807) is 6.92 Å². The standard InChI is InChI=1S/C23H18N8O6/c1-2-13(3-5-14-18(32)28-22(36)30(20(14)34)16-11-24-7-9-26-16)4-6-15-19(33)29-23(37)31(21(15)35)17-12-25-8-10-27-17/h3-12,34H,2H2,1H3,(H,28,32,36)(H,29,33,37)/b5-3+,13-4+,15-6+. The van der Waals surface area contributed by atoms with Crippen LogP contribution in [0.5, 0.6) is 5.88 Å². The van der Waals surface area contributed by atoms with Crippen molar-refractivity contribution in [2.45, 2.75) is 13.3 Å². The summed E-state index contributed by atoms with van der Waals surface area (Å²) >= 11 is 0. The van der Waals surface area contributed by atoms with Crippen LogP contribution in [0.4, 0.5) is 10.6 Å². The molecule has 0 saturated carbocycles. The first-order chi connectivity index (χ1) is 17.8. The lowest BCUT2D eigenvalue weighted by Gasteiger charge is -2.24. The van der Waals surface area contributed by atoms with Gasteiger partial charge in [0.2, 0.25) is 5.88 Å². The Balaban J connectivity index is 1.67. The van der Waals surface area contributed by atoms with Crippen LogP contribution in [-0.4, -0.2) is 52.4 Å². The average Bonchev–Trinajstić information content (AvgIpc) is 2.88. The van der Waals surface area contributed by atoms with Gasteiger partial charge in [-0.1, -0.05) is 19.1 Å². The molecule has 3 aromatic rings. The lowest BCUT2D eigenvalue weighted by Crippen LogP contribution is -2.54. The topological polar surface area (TPSA) is 193 Å². The zero-order valence-electron chi connectivity index (χ0n) is 19.2. The van der Waals surface area contributed by atoms with Gasteiger partial charge in [-0.05, 0) is 24.1 Å². The summed E-state index contributed by atoms with van der Waals surface area (Å²) in [6.45, 7) is 1.78. The maximum Gasteiger partial charge on any atom is 0.337 e. The zero-order valence-corrected chi connectivity index (χ0v) is 19.2. The number of amides is 4. The second kappa shape index (κ2) is 10.4. The summed E-state index contributed by atoms with van der Waals surface area (Å²) in [5, 5.41) is 12.7. The van der Waals surface area contributed by atoms with E-state index >= 15 is 0 Å². The van der Waals surface area contributed by atoms with Gasteiger partial charge in [-0.15, -0.1) is 0 Å². The van der Waals surface area contributed by atoms with Crippen LogP contribution >= 0.6 is 0 Å². The highest BCUT2D eigenvalue weighted by atomic mass is 16.3. The molecule has 4 amide bonds. The number of aromatic hydroxyl groups is 1. The Morgan fingerprint density at radius 3 is 2.30 bits per heavy atom. The first kappa shape index (κ1) is 24.6. The second-order valence-electron chi connectivity index (χ2n) is 7.37. The number of aromatic nitrogens is 6. The summed E-state index contributed by atoms with van der Waals surface area (Å²) in [6, 6.07) is -0.958. The number of hydrogen-bond acceptors (Lipinski definition) is 10. The van der Waals surface area contributed by atoms with Gasteiger partial charge in [-0.2, -0.15) is 0 Å². The van der Waals surface area contributed by atoms with E-state index in [0.29, 0.717) is 16.9 Å². The third kappa shape index (κ3) is 4.97. The fourth-order valence-corrected chi connectivity index (χ4v) is 3.27. The molecule has 0 spiro atoms. The van der Waals surface area contributed by atoms with Crippen molar-refractivity contribution in [1.82, 2.24) is 34.8 Å². The van der Waals surface area contributed by atoms with Crippen molar-refractivity contribution >= 4 is 29.7 Å². The average molecular weight is 502 g/mol. The molecule has 14 heteroatoms. The van der Waals surface area contributed by atoms with Crippen LogP contribution in [-0.2, 0) is 9.59 Å². The highest BCUT2D eigenvalue weighted by Crippen LogP contribution is 2.19. The number of rotatable bonds is 6. The molecule has 4 heterocycles. The molecule has 1 aliphatic heterocycles. The predicted molar refractivity (Wildman–Crippen MR) is 128 cm³/mol. The van der Waals surface area contributed by atoms with Crippen molar-refractivity contribution in [2.24, 2.45) is 0 Å². The van der Waals surface area contributed by atoms with E-state index in [9.17, 15) is 29.1 Å². The summed E-state index contributed by atoms with van der Waals surface area (Å²) < 4.78 is 0.786. The normalized spacial score (nSPS) is 15.5. The van der Waals surface area contributed by atoms with E-state index in [1.165, 1.54) is 61.5 Å². The van der Waals surface area contributed by atoms with Crippen LogP contribution in [0.1, 0.15) is 18.9 Å². The zero-order chi connectivity index (χ0) is 26.5. The van der Waals surface area contributed by atoms with Crippen molar-refractivity contribution in [3.8, 4) is 11.7 Å². The summed E-state index contributed by atoms with van der Waals surface area (Å²) in [7, 11) is 0. The van der Waals surface area contributed by atoms with Gasteiger partial charge in [-0.3, -0.25) is 34.7 Å². The molecule has 37 heavy (non-hydrogen) atoms. The number of H-pyrrole nitrogens is 1. The Morgan fingerprint density at radius 2 is 1.68 bits per heavy atom. The second-order valence-corrected chi connectivity index (χ2v) is 7.37. The van der Waals surface area contributed by atoms with Crippen molar-refractivity contribution in [3.05, 3.63) is 93.0 Å². The fraction of sp³-hybridized carbons (Fsp3) is 0.0870. The highest BCUT2D eigenvalue weighted by Gasteiger charge is 2.37. The molecule has 14 nitrogen and oxygen atoms in total. The Morgan fingerprint density at radius 1 is 1.00 bits per heavy atom. The summed E-state index contributed by atoms with van der Waals surface area (Å²) in [4.78, 5) is 80.3. The molecule has 0 aromatic carbocycles. The number of nitrogens with one attached hydrogen (secondary N) is 2. The minimum absolute atomic E-state index is 0.00378. The fourth-order valence-electron chi connectivity index (χ4n) is 3.27. The van der Waals surface area contributed by atoms with Gasteiger partial charge in [-0.25, -0.2) is 29.0 Å². The van der Waals surface area contributed by atoms with Crippen LogP contribution in [0.2, 0.25) is 0 Å².